The second kappa shape index (κ2) is 9.81. The van der Waals surface area contributed by atoms with Crippen molar-refractivity contribution in [3.63, 3.8) is 0 Å². The summed E-state index contributed by atoms with van der Waals surface area (Å²) >= 11 is 0. The van der Waals surface area contributed by atoms with Gasteiger partial charge in [0.15, 0.2) is 0 Å². The first-order valence-corrected chi connectivity index (χ1v) is 10.8. The van der Waals surface area contributed by atoms with Gasteiger partial charge in [0.2, 0.25) is 5.91 Å². The Morgan fingerprint density at radius 3 is 2.48 bits per heavy atom. The van der Waals surface area contributed by atoms with Gasteiger partial charge in [-0.2, -0.15) is 0 Å². The number of carbonyl (C=O) groups excluding carboxylic acids is 2. The Kier molecular flexibility index (Phi) is 6.68. The minimum Gasteiger partial charge on any atom is -0.324 e. The lowest BCUT2D eigenvalue weighted by molar-refractivity contribution is -0.115. The van der Waals surface area contributed by atoms with Crippen molar-refractivity contribution in [2.45, 2.75) is 26.3 Å². The number of carbonyl (C=O) groups is 2. The summed E-state index contributed by atoms with van der Waals surface area (Å²) in [6, 6.07) is 17.4. The number of benzene rings is 3. The fourth-order valence-electron chi connectivity index (χ4n) is 3.97. The summed E-state index contributed by atoms with van der Waals surface area (Å²) < 4.78 is 26.7. The monoisotopic (exact) mass is 449 g/mol. The van der Waals surface area contributed by atoms with E-state index in [2.05, 4.69) is 5.32 Å². The lowest BCUT2D eigenvalue weighted by atomic mass is 10.1. The highest BCUT2D eigenvalue weighted by Gasteiger charge is 2.28. The Morgan fingerprint density at radius 1 is 0.939 bits per heavy atom. The number of amides is 3. The summed E-state index contributed by atoms with van der Waals surface area (Å²) in [5, 5.41) is 2.91. The van der Waals surface area contributed by atoms with E-state index in [4.69, 9.17) is 0 Å². The van der Waals surface area contributed by atoms with Crippen molar-refractivity contribution in [2.24, 2.45) is 0 Å². The topological polar surface area (TPSA) is 52.6 Å². The van der Waals surface area contributed by atoms with Gasteiger partial charge in [-0.25, -0.2) is 13.6 Å². The molecule has 0 bridgehead atoms. The molecule has 0 atom stereocenters. The van der Waals surface area contributed by atoms with Gasteiger partial charge >= 0.3 is 6.03 Å². The Morgan fingerprint density at radius 2 is 1.73 bits per heavy atom. The smallest absolute Gasteiger partial charge is 0.324 e. The van der Waals surface area contributed by atoms with Crippen molar-refractivity contribution in [1.29, 1.82) is 0 Å². The number of halogens is 2. The molecule has 1 N–H and O–H groups in total. The van der Waals surface area contributed by atoms with Crippen LogP contribution in [-0.4, -0.2) is 29.9 Å². The van der Waals surface area contributed by atoms with Crippen LogP contribution in [0.25, 0.3) is 0 Å². The molecule has 7 heteroatoms. The molecule has 0 aliphatic carbocycles. The van der Waals surface area contributed by atoms with E-state index in [1.807, 2.05) is 25.1 Å². The average molecular weight is 450 g/mol. The van der Waals surface area contributed by atoms with Crippen molar-refractivity contribution < 1.29 is 18.4 Å². The molecule has 0 aromatic heterocycles. The number of hydrogen-bond donors (Lipinski definition) is 1. The zero-order chi connectivity index (χ0) is 23.4. The van der Waals surface area contributed by atoms with Crippen LogP contribution in [0.1, 0.15) is 23.1 Å². The molecule has 0 spiro atoms. The molecular weight excluding hydrogens is 424 g/mol. The number of nitrogens with one attached hydrogen (secondary N) is 1. The molecule has 3 aromatic rings. The molecular formula is C26H25F2N3O2. The second-order valence-electron chi connectivity index (χ2n) is 8.21. The van der Waals surface area contributed by atoms with Crippen LogP contribution in [0.2, 0.25) is 0 Å². The number of rotatable bonds is 6. The molecule has 0 saturated carbocycles. The second-order valence-corrected chi connectivity index (χ2v) is 8.21. The highest BCUT2D eigenvalue weighted by molar-refractivity contribution is 6.01. The largest absolute Gasteiger partial charge is 0.324 e. The van der Waals surface area contributed by atoms with Gasteiger partial charge in [0.1, 0.15) is 11.6 Å². The van der Waals surface area contributed by atoms with Crippen LogP contribution in [0.15, 0.2) is 66.7 Å². The zero-order valence-electron chi connectivity index (χ0n) is 18.4. The lowest BCUT2D eigenvalue weighted by Gasteiger charge is -2.36. The first-order chi connectivity index (χ1) is 15.9. The molecule has 3 amide bonds. The van der Waals surface area contributed by atoms with Crippen LogP contribution in [0.4, 0.5) is 25.0 Å². The van der Waals surface area contributed by atoms with Crippen LogP contribution < -0.4 is 10.2 Å². The standard InChI is InChI=1S/C26H25F2N3O2/c1-18-6-11-24(23(14-18)29-25(32)16-19-7-9-21(27)10-8-19)31-13-3-12-30(26(31)33)17-20-4-2-5-22(28)15-20/h2,4-11,14-15H,3,12-13,16-17H2,1H3,(H,29,32). The van der Waals surface area contributed by atoms with E-state index in [0.29, 0.717) is 36.6 Å². The van der Waals surface area contributed by atoms with Gasteiger partial charge in [0.25, 0.3) is 0 Å². The van der Waals surface area contributed by atoms with Crippen LogP contribution >= 0.6 is 0 Å². The number of nitrogens with zero attached hydrogens (tertiary/aromatic N) is 2. The summed E-state index contributed by atoms with van der Waals surface area (Å²) in [4.78, 5) is 29.3. The summed E-state index contributed by atoms with van der Waals surface area (Å²) in [5.41, 5.74) is 3.52. The molecule has 4 rings (SSSR count). The third kappa shape index (κ3) is 5.55. The van der Waals surface area contributed by atoms with E-state index in [9.17, 15) is 18.4 Å². The number of hydrogen-bond acceptors (Lipinski definition) is 2. The predicted molar refractivity (Wildman–Crippen MR) is 124 cm³/mol. The molecule has 0 unspecified atom stereocenters. The summed E-state index contributed by atoms with van der Waals surface area (Å²) in [7, 11) is 0. The summed E-state index contributed by atoms with van der Waals surface area (Å²) in [6.07, 6.45) is 0.838. The van der Waals surface area contributed by atoms with Crippen molar-refractivity contribution in [1.82, 2.24) is 4.90 Å². The van der Waals surface area contributed by atoms with E-state index in [1.165, 1.54) is 24.3 Å². The molecule has 33 heavy (non-hydrogen) atoms. The minimum atomic E-state index is -0.355. The van der Waals surface area contributed by atoms with Gasteiger partial charge in [0.05, 0.1) is 17.8 Å². The van der Waals surface area contributed by atoms with Crippen molar-refractivity contribution in [3.05, 3.63) is 95.1 Å². The quantitative estimate of drug-likeness (QED) is 0.556. The lowest BCUT2D eigenvalue weighted by Crippen LogP contribution is -2.49. The minimum absolute atomic E-state index is 0.0906. The van der Waals surface area contributed by atoms with Gasteiger partial charge in [0, 0.05) is 19.6 Å². The molecule has 3 aromatic carbocycles. The summed E-state index contributed by atoms with van der Waals surface area (Å²) in [5.74, 6) is -0.945. The van der Waals surface area contributed by atoms with E-state index < -0.39 is 0 Å². The van der Waals surface area contributed by atoms with E-state index >= 15 is 0 Å². The third-order valence-corrected chi connectivity index (χ3v) is 5.57. The van der Waals surface area contributed by atoms with Gasteiger partial charge in [-0.3, -0.25) is 9.69 Å². The normalized spacial score (nSPS) is 13.8. The first-order valence-electron chi connectivity index (χ1n) is 10.8. The zero-order valence-corrected chi connectivity index (χ0v) is 18.4. The maximum atomic E-state index is 13.6. The number of anilines is 2. The first kappa shape index (κ1) is 22.5. The maximum absolute atomic E-state index is 13.6. The highest BCUT2D eigenvalue weighted by atomic mass is 19.1. The van der Waals surface area contributed by atoms with Crippen LogP contribution in [0.5, 0.6) is 0 Å². The average Bonchev–Trinajstić information content (AvgIpc) is 2.77. The fourth-order valence-corrected chi connectivity index (χ4v) is 3.97. The molecule has 1 aliphatic heterocycles. The van der Waals surface area contributed by atoms with Crippen molar-refractivity contribution in [3.8, 4) is 0 Å². The van der Waals surface area contributed by atoms with Crippen LogP contribution in [0.3, 0.4) is 0 Å². The fraction of sp³-hybridized carbons (Fsp3) is 0.231. The Hall–Kier alpha value is -3.74. The third-order valence-electron chi connectivity index (χ3n) is 5.57. The van der Waals surface area contributed by atoms with Crippen LogP contribution in [-0.2, 0) is 17.8 Å². The van der Waals surface area contributed by atoms with Crippen molar-refractivity contribution in [2.75, 3.05) is 23.3 Å². The molecule has 1 fully saturated rings. The van der Waals surface area contributed by atoms with Gasteiger partial charge < -0.3 is 10.2 Å². The number of urea groups is 1. The van der Waals surface area contributed by atoms with Gasteiger partial charge in [-0.05, 0) is 66.4 Å². The Labute approximate surface area is 191 Å². The van der Waals surface area contributed by atoms with E-state index in [0.717, 1.165) is 17.5 Å². The van der Waals surface area contributed by atoms with E-state index in [-0.39, 0.29) is 30.0 Å². The molecule has 170 valence electrons. The molecule has 1 aliphatic rings. The Balaban J connectivity index is 1.52. The molecule has 0 radical (unpaired) electrons. The van der Waals surface area contributed by atoms with E-state index in [1.54, 1.807) is 34.1 Å². The maximum Gasteiger partial charge on any atom is 0.324 e. The SMILES string of the molecule is Cc1ccc(N2CCCN(Cc3cccc(F)c3)C2=O)c(NC(=O)Cc2ccc(F)cc2)c1. The van der Waals surface area contributed by atoms with Crippen LogP contribution in [0, 0.1) is 18.6 Å². The predicted octanol–water partition coefficient (Wildman–Crippen LogP) is 5.29. The Bertz CT molecular complexity index is 1160. The van der Waals surface area contributed by atoms with Gasteiger partial charge in [-0.1, -0.05) is 30.3 Å². The summed E-state index contributed by atoms with van der Waals surface area (Å²) in [6.45, 7) is 3.31. The highest BCUT2D eigenvalue weighted by Crippen LogP contribution is 2.30. The molecule has 5 nitrogen and oxygen atoms in total. The number of aryl methyl sites for hydroxylation is 1. The van der Waals surface area contributed by atoms with Crippen molar-refractivity contribution >= 4 is 23.3 Å². The molecule has 1 heterocycles. The van der Waals surface area contributed by atoms with Gasteiger partial charge in [-0.15, -0.1) is 0 Å². The molecule has 1 saturated heterocycles.